The Morgan fingerprint density at radius 2 is 1.68 bits per heavy atom. The molecule has 1 aromatic heterocycles. The van der Waals surface area contributed by atoms with Crippen LogP contribution in [0.3, 0.4) is 0 Å². The lowest BCUT2D eigenvalue weighted by Crippen LogP contribution is -2.48. The quantitative estimate of drug-likeness (QED) is 0.597. The number of benzene rings is 2. The molecule has 0 radical (unpaired) electrons. The van der Waals surface area contributed by atoms with Gasteiger partial charge in [-0.25, -0.2) is 0 Å². The average molecular weight is 414 g/mol. The maximum atomic E-state index is 11.5. The van der Waals surface area contributed by atoms with Crippen molar-refractivity contribution >= 4 is 23.7 Å². The Hall–Kier alpha value is -3.60. The fourth-order valence-electron chi connectivity index (χ4n) is 3.56. The van der Waals surface area contributed by atoms with Gasteiger partial charge < -0.3 is 14.5 Å². The van der Waals surface area contributed by atoms with Crippen LogP contribution in [0.1, 0.15) is 23.7 Å². The molecule has 1 aliphatic heterocycles. The van der Waals surface area contributed by atoms with Gasteiger partial charge in [-0.2, -0.15) is 0 Å². The number of carbonyl (C=O) groups excluding carboxylic acids is 1. The molecule has 31 heavy (non-hydrogen) atoms. The van der Waals surface area contributed by atoms with Gasteiger partial charge in [0.25, 0.3) is 0 Å². The molecular formula is C26H27N3O2. The van der Waals surface area contributed by atoms with E-state index in [-0.39, 0.29) is 5.91 Å². The molecule has 1 aliphatic rings. The molecule has 0 N–H and O–H groups in total. The molecule has 0 bridgehead atoms. The number of hydrogen-bond donors (Lipinski definition) is 0. The summed E-state index contributed by atoms with van der Waals surface area (Å²) in [4.78, 5) is 20.2. The van der Waals surface area contributed by atoms with Crippen LogP contribution in [0.2, 0.25) is 0 Å². The highest BCUT2D eigenvalue weighted by Crippen LogP contribution is 2.18. The average Bonchev–Trinajstić information content (AvgIpc) is 2.83. The minimum atomic E-state index is 0.147. The zero-order valence-electron chi connectivity index (χ0n) is 17.8. The van der Waals surface area contributed by atoms with Crippen LogP contribution in [0.25, 0.3) is 12.2 Å². The Balaban J connectivity index is 1.30. The number of ether oxygens (including phenoxy) is 1. The molecule has 2 aromatic carbocycles. The van der Waals surface area contributed by atoms with Gasteiger partial charge in [-0.05, 0) is 41.5 Å². The van der Waals surface area contributed by atoms with Crippen LogP contribution >= 0.6 is 0 Å². The van der Waals surface area contributed by atoms with Crippen molar-refractivity contribution in [3.63, 3.8) is 0 Å². The Morgan fingerprint density at radius 3 is 2.32 bits per heavy atom. The summed E-state index contributed by atoms with van der Waals surface area (Å²) in [7, 11) is 0. The largest absolute Gasteiger partial charge is 0.489 e. The fourth-order valence-corrected chi connectivity index (χ4v) is 3.56. The van der Waals surface area contributed by atoms with Crippen LogP contribution in [0.4, 0.5) is 5.69 Å². The second-order valence-electron chi connectivity index (χ2n) is 7.61. The summed E-state index contributed by atoms with van der Waals surface area (Å²) in [5.41, 5.74) is 4.26. The number of carbonyl (C=O) groups is 1. The van der Waals surface area contributed by atoms with Gasteiger partial charge in [0.05, 0.1) is 17.6 Å². The maximum Gasteiger partial charge on any atom is 0.219 e. The highest BCUT2D eigenvalue weighted by Gasteiger charge is 2.18. The Bertz CT molecular complexity index is 1010. The SMILES string of the molecule is CC(=O)N1CCN(c2ccc(/C=C/c3ccc(OCc4ccccc4)cc3)nc2)CC1. The number of rotatable bonds is 6. The first-order valence-electron chi connectivity index (χ1n) is 10.6. The molecule has 4 rings (SSSR count). The van der Waals surface area contributed by atoms with Crippen molar-refractivity contribution < 1.29 is 9.53 Å². The van der Waals surface area contributed by atoms with Crippen molar-refractivity contribution in [3.05, 3.63) is 89.7 Å². The van der Waals surface area contributed by atoms with E-state index in [0.717, 1.165) is 54.4 Å². The van der Waals surface area contributed by atoms with Crippen LogP contribution in [-0.2, 0) is 11.4 Å². The van der Waals surface area contributed by atoms with E-state index in [9.17, 15) is 4.79 Å². The predicted octanol–water partition coefficient (Wildman–Crippen LogP) is 4.50. The summed E-state index contributed by atoms with van der Waals surface area (Å²) in [5.74, 6) is 1.00. The maximum absolute atomic E-state index is 11.5. The Labute approximate surface area is 183 Å². The minimum Gasteiger partial charge on any atom is -0.489 e. The molecule has 0 aliphatic carbocycles. The van der Waals surface area contributed by atoms with Crippen LogP contribution in [0.5, 0.6) is 5.75 Å². The number of aromatic nitrogens is 1. The normalized spacial score (nSPS) is 14.1. The van der Waals surface area contributed by atoms with E-state index in [2.05, 4.69) is 34.2 Å². The Morgan fingerprint density at radius 1 is 0.935 bits per heavy atom. The van der Waals surface area contributed by atoms with Gasteiger partial charge >= 0.3 is 0 Å². The second kappa shape index (κ2) is 9.94. The van der Waals surface area contributed by atoms with Gasteiger partial charge in [-0.1, -0.05) is 48.5 Å². The zero-order valence-corrected chi connectivity index (χ0v) is 17.8. The number of nitrogens with zero attached hydrogens (tertiary/aromatic N) is 3. The molecule has 3 aromatic rings. The van der Waals surface area contributed by atoms with Crippen LogP contribution in [0, 0.1) is 0 Å². The van der Waals surface area contributed by atoms with Gasteiger partial charge in [-0.3, -0.25) is 9.78 Å². The van der Waals surface area contributed by atoms with Gasteiger partial charge in [0, 0.05) is 33.1 Å². The summed E-state index contributed by atoms with van der Waals surface area (Å²) >= 11 is 0. The molecule has 0 spiro atoms. The lowest BCUT2D eigenvalue weighted by Gasteiger charge is -2.35. The molecule has 5 heteroatoms. The second-order valence-corrected chi connectivity index (χ2v) is 7.61. The molecule has 1 saturated heterocycles. The van der Waals surface area contributed by atoms with E-state index in [4.69, 9.17) is 4.74 Å². The van der Waals surface area contributed by atoms with Crippen LogP contribution < -0.4 is 9.64 Å². The molecule has 0 unspecified atom stereocenters. The monoisotopic (exact) mass is 413 g/mol. The zero-order chi connectivity index (χ0) is 21.5. The van der Waals surface area contributed by atoms with E-state index < -0.39 is 0 Å². The van der Waals surface area contributed by atoms with Gasteiger partial charge in [-0.15, -0.1) is 0 Å². The highest BCUT2D eigenvalue weighted by molar-refractivity contribution is 5.73. The predicted molar refractivity (Wildman–Crippen MR) is 125 cm³/mol. The third-order valence-electron chi connectivity index (χ3n) is 5.44. The molecule has 1 fully saturated rings. The van der Waals surface area contributed by atoms with Gasteiger partial charge in [0.15, 0.2) is 0 Å². The Kier molecular flexibility index (Phi) is 6.62. The summed E-state index contributed by atoms with van der Waals surface area (Å²) in [6.07, 6.45) is 5.97. The molecule has 158 valence electrons. The first-order valence-corrected chi connectivity index (χ1v) is 10.6. The van der Waals surface area contributed by atoms with E-state index in [0.29, 0.717) is 6.61 Å². The van der Waals surface area contributed by atoms with Crippen molar-refractivity contribution in [1.29, 1.82) is 0 Å². The lowest BCUT2D eigenvalue weighted by molar-refractivity contribution is -0.129. The lowest BCUT2D eigenvalue weighted by atomic mass is 10.2. The summed E-state index contributed by atoms with van der Waals surface area (Å²) in [6, 6.07) is 22.3. The number of hydrogen-bond acceptors (Lipinski definition) is 4. The van der Waals surface area contributed by atoms with E-state index in [1.54, 1.807) is 6.92 Å². The third-order valence-corrected chi connectivity index (χ3v) is 5.44. The molecular weight excluding hydrogens is 386 g/mol. The van der Waals surface area contributed by atoms with Crippen molar-refractivity contribution in [1.82, 2.24) is 9.88 Å². The molecule has 2 heterocycles. The number of pyridine rings is 1. The van der Waals surface area contributed by atoms with Gasteiger partial charge in [0.1, 0.15) is 12.4 Å². The third kappa shape index (κ3) is 5.72. The molecule has 1 amide bonds. The van der Waals surface area contributed by atoms with Crippen molar-refractivity contribution in [2.75, 3.05) is 31.1 Å². The number of amides is 1. The molecule has 0 atom stereocenters. The summed E-state index contributed by atoms with van der Waals surface area (Å²) in [6.45, 7) is 5.41. The molecule has 5 nitrogen and oxygen atoms in total. The van der Waals surface area contributed by atoms with E-state index >= 15 is 0 Å². The van der Waals surface area contributed by atoms with Crippen molar-refractivity contribution in [3.8, 4) is 5.75 Å². The summed E-state index contributed by atoms with van der Waals surface area (Å²) in [5, 5.41) is 0. The first-order chi connectivity index (χ1) is 15.2. The number of piperazine rings is 1. The topological polar surface area (TPSA) is 45.7 Å². The first kappa shape index (κ1) is 20.7. The standard InChI is InChI=1S/C26H27N3O2/c1-21(30)28-15-17-29(18-16-28)25-12-11-24(27-19-25)10-7-22-8-13-26(14-9-22)31-20-23-5-3-2-4-6-23/h2-14,19H,15-18,20H2,1H3/b10-7+. The molecule has 0 saturated carbocycles. The van der Waals surface area contributed by atoms with Gasteiger partial charge in [0.2, 0.25) is 5.91 Å². The highest BCUT2D eigenvalue weighted by atomic mass is 16.5. The minimum absolute atomic E-state index is 0.147. The van der Waals surface area contributed by atoms with E-state index in [1.807, 2.05) is 65.7 Å². The fraction of sp³-hybridized carbons (Fsp3) is 0.231. The van der Waals surface area contributed by atoms with Crippen LogP contribution in [0.15, 0.2) is 72.9 Å². The van der Waals surface area contributed by atoms with Crippen molar-refractivity contribution in [2.24, 2.45) is 0 Å². The van der Waals surface area contributed by atoms with Crippen molar-refractivity contribution in [2.45, 2.75) is 13.5 Å². The van der Waals surface area contributed by atoms with Crippen LogP contribution in [-0.4, -0.2) is 42.0 Å². The number of anilines is 1. The smallest absolute Gasteiger partial charge is 0.219 e. The van der Waals surface area contributed by atoms with E-state index in [1.165, 1.54) is 0 Å². The summed E-state index contributed by atoms with van der Waals surface area (Å²) < 4.78 is 5.84.